The fraction of sp³-hybridized carbons (Fsp3) is 0.286. The summed E-state index contributed by atoms with van der Waals surface area (Å²) in [6.45, 7) is 2.84. The predicted octanol–water partition coefficient (Wildman–Crippen LogP) is 4.39. The molecule has 1 aromatic heterocycles. The average Bonchev–Trinajstić information content (AvgIpc) is 3.39. The first-order chi connectivity index (χ1) is 14.6. The Morgan fingerprint density at radius 2 is 1.90 bits per heavy atom. The maximum absolute atomic E-state index is 13.2. The number of amides is 1. The largest absolute Gasteiger partial charge is 0.324 e. The van der Waals surface area contributed by atoms with Gasteiger partial charge in [-0.2, -0.15) is 0 Å². The molecule has 30 heavy (non-hydrogen) atoms. The molecule has 1 aliphatic heterocycles. The first-order valence-electron chi connectivity index (χ1n) is 9.70. The number of carbonyl (C=O) groups is 1. The predicted molar refractivity (Wildman–Crippen MR) is 117 cm³/mol. The molecule has 0 aliphatic carbocycles. The number of carbonyl (C=O) groups excluding carboxylic acids is 1. The molecule has 0 saturated carbocycles. The lowest BCUT2D eigenvalue weighted by Gasteiger charge is -2.16. The van der Waals surface area contributed by atoms with E-state index in [-0.39, 0.29) is 16.7 Å². The van der Waals surface area contributed by atoms with Crippen LogP contribution in [-0.2, 0) is 11.3 Å². The minimum atomic E-state index is -0.450. The van der Waals surface area contributed by atoms with Crippen LogP contribution in [0.1, 0.15) is 18.7 Å². The van der Waals surface area contributed by atoms with Crippen molar-refractivity contribution in [1.82, 2.24) is 19.7 Å². The summed E-state index contributed by atoms with van der Waals surface area (Å²) in [4.78, 5) is 14.8. The van der Waals surface area contributed by atoms with E-state index < -0.39 is 5.82 Å². The van der Waals surface area contributed by atoms with E-state index in [2.05, 4.69) is 20.4 Å². The number of para-hydroxylation sites is 1. The quantitative estimate of drug-likeness (QED) is 0.546. The van der Waals surface area contributed by atoms with Crippen LogP contribution in [0.4, 0.5) is 10.1 Å². The third-order valence-electron chi connectivity index (χ3n) is 4.82. The molecule has 6 nitrogen and oxygen atoms in total. The topological polar surface area (TPSA) is 63.1 Å². The van der Waals surface area contributed by atoms with Crippen molar-refractivity contribution in [3.63, 3.8) is 0 Å². The van der Waals surface area contributed by atoms with Crippen LogP contribution in [0.15, 0.2) is 53.7 Å². The molecule has 1 N–H and O–H groups in total. The van der Waals surface area contributed by atoms with Crippen molar-refractivity contribution in [2.24, 2.45) is 0 Å². The van der Waals surface area contributed by atoms with E-state index in [1.165, 1.54) is 42.8 Å². The summed E-state index contributed by atoms with van der Waals surface area (Å²) in [5, 5.41) is 12.3. The van der Waals surface area contributed by atoms with Gasteiger partial charge in [-0.25, -0.2) is 4.39 Å². The van der Waals surface area contributed by atoms with Crippen LogP contribution >= 0.6 is 23.4 Å². The Morgan fingerprint density at radius 3 is 2.63 bits per heavy atom. The number of aromatic nitrogens is 3. The van der Waals surface area contributed by atoms with Crippen LogP contribution in [0, 0.1) is 5.82 Å². The summed E-state index contributed by atoms with van der Waals surface area (Å²) < 4.78 is 15.2. The number of nitrogens with one attached hydrogen (secondary N) is 1. The minimum absolute atomic E-state index is 0.127. The lowest BCUT2D eigenvalue weighted by Crippen LogP contribution is -2.21. The molecule has 0 atom stereocenters. The van der Waals surface area contributed by atoms with Gasteiger partial charge in [0.1, 0.15) is 5.82 Å². The van der Waals surface area contributed by atoms with Crippen molar-refractivity contribution in [2.45, 2.75) is 24.5 Å². The zero-order chi connectivity index (χ0) is 20.9. The number of anilines is 1. The highest BCUT2D eigenvalue weighted by Gasteiger charge is 2.20. The normalized spacial score (nSPS) is 14.2. The summed E-state index contributed by atoms with van der Waals surface area (Å²) in [5.41, 5.74) is 1.34. The van der Waals surface area contributed by atoms with E-state index in [1.54, 1.807) is 0 Å². The molecule has 156 valence electrons. The SMILES string of the molecule is O=C(CSc1nnc(CN2CCCC2)n1-c1ccccc1)Nc1ccc(F)cc1Cl. The van der Waals surface area contributed by atoms with Gasteiger partial charge in [-0.15, -0.1) is 10.2 Å². The number of benzene rings is 2. The zero-order valence-corrected chi connectivity index (χ0v) is 17.8. The van der Waals surface area contributed by atoms with Gasteiger partial charge in [0.15, 0.2) is 11.0 Å². The molecule has 0 bridgehead atoms. The average molecular weight is 446 g/mol. The summed E-state index contributed by atoms with van der Waals surface area (Å²) in [5.74, 6) is 0.279. The van der Waals surface area contributed by atoms with Crippen molar-refractivity contribution >= 4 is 35.0 Å². The lowest BCUT2D eigenvalue weighted by atomic mass is 10.3. The lowest BCUT2D eigenvalue weighted by molar-refractivity contribution is -0.113. The summed E-state index contributed by atoms with van der Waals surface area (Å²) in [6.07, 6.45) is 2.40. The summed E-state index contributed by atoms with van der Waals surface area (Å²) >= 11 is 7.29. The van der Waals surface area contributed by atoms with E-state index in [1.807, 2.05) is 34.9 Å². The van der Waals surface area contributed by atoms with E-state index >= 15 is 0 Å². The molecular weight excluding hydrogens is 425 g/mol. The number of nitrogens with zero attached hydrogens (tertiary/aromatic N) is 4. The second kappa shape index (κ2) is 9.59. The van der Waals surface area contributed by atoms with Crippen LogP contribution < -0.4 is 5.32 Å². The van der Waals surface area contributed by atoms with Crippen molar-refractivity contribution < 1.29 is 9.18 Å². The Bertz CT molecular complexity index is 1020. The molecule has 0 radical (unpaired) electrons. The second-order valence-electron chi connectivity index (χ2n) is 7.01. The van der Waals surface area contributed by atoms with E-state index in [4.69, 9.17) is 11.6 Å². The van der Waals surface area contributed by atoms with Crippen LogP contribution in [-0.4, -0.2) is 44.4 Å². The Hall–Kier alpha value is -2.42. The fourth-order valence-corrected chi connectivity index (χ4v) is 4.37. The van der Waals surface area contributed by atoms with Gasteiger partial charge in [-0.1, -0.05) is 41.6 Å². The van der Waals surface area contributed by atoms with Crippen molar-refractivity contribution in [2.75, 3.05) is 24.2 Å². The fourth-order valence-electron chi connectivity index (χ4n) is 3.38. The smallest absolute Gasteiger partial charge is 0.234 e. The van der Waals surface area contributed by atoms with Crippen LogP contribution in [0.5, 0.6) is 0 Å². The number of halogens is 2. The zero-order valence-electron chi connectivity index (χ0n) is 16.2. The molecule has 1 saturated heterocycles. The highest BCUT2D eigenvalue weighted by atomic mass is 35.5. The number of rotatable bonds is 7. The van der Waals surface area contributed by atoms with E-state index in [0.29, 0.717) is 10.8 Å². The van der Waals surface area contributed by atoms with Gasteiger partial charge >= 0.3 is 0 Å². The van der Waals surface area contributed by atoms with Crippen LogP contribution in [0.25, 0.3) is 5.69 Å². The highest BCUT2D eigenvalue weighted by molar-refractivity contribution is 7.99. The molecule has 4 rings (SSSR count). The molecule has 2 aromatic carbocycles. The molecule has 9 heteroatoms. The number of hydrogen-bond donors (Lipinski definition) is 1. The van der Waals surface area contributed by atoms with Gasteiger partial charge < -0.3 is 5.32 Å². The van der Waals surface area contributed by atoms with Gasteiger partial charge in [0, 0.05) is 5.69 Å². The number of likely N-dealkylation sites (tertiary alicyclic amines) is 1. The Balaban J connectivity index is 1.49. The van der Waals surface area contributed by atoms with Gasteiger partial charge in [-0.3, -0.25) is 14.3 Å². The highest BCUT2D eigenvalue weighted by Crippen LogP contribution is 2.25. The van der Waals surface area contributed by atoms with E-state index in [9.17, 15) is 9.18 Å². The first kappa shape index (κ1) is 20.8. The molecular formula is C21H21ClFN5OS. The third-order valence-corrected chi connectivity index (χ3v) is 6.06. The van der Waals surface area contributed by atoms with E-state index in [0.717, 1.165) is 31.1 Å². The maximum Gasteiger partial charge on any atom is 0.234 e. The van der Waals surface area contributed by atoms with Gasteiger partial charge in [0.25, 0.3) is 0 Å². The van der Waals surface area contributed by atoms with Crippen LogP contribution in [0.2, 0.25) is 5.02 Å². The monoisotopic (exact) mass is 445 g/mol. The van der Waals surface area contributed by atoms with Gasteiger partial charge in [-0.05, 0) is 56.3 Å². The molecule has 1 amide bonds. The summed E-state index contributed by atoms with van der Waals surface area (Å²) in [6, 6.07) is 13.8. The summed E-state index contributed by atoms with van der Waals surface area (Å²) in [7, 11) is 0. The Morgan fingerprint density at radius 1 is 1.13 bits per heavy atom. The molecule has 0 spiro atoms. The van der Waals surface area contributed by atoms with Crippen molar-refractivity contribution in [1.29, 1.82) is 0 Å². The van der Waals surface area contributed by atoms with Gasteiger partial charge in [0.2, 0.25) is 5.91 Å². The second-order valence-corrected chi connectivity index (χ2v) is 8.36. The Labute approximate surface area is 183 Å². The molecule has 1 aliphatic rings. The molecule has 3 aromatic rings. The van der Waals surface area contributed by atoms with Gasteiger partial charge in [0.05, 0.1) is 23.0 Å². The number of hydrogen-bond acceptors (Lipinski definition) is 5. The van der Waals surface area contributed by atoms with Crippen LogP contribution in [0.3, 0.4) is 0 Å². The standard InChI is InChI=1S/C21H21ClFN5OS/c22-17-12-15(23)8-9-18(17)24-20(29)14-30-21-26-25-19(13-27-10-4-5-11-27)28(21)16-6-2-1-3-7-16/h1-3,6-9,12H,4-5,10-11,13-14H2,(H,24,29). The van der Waals surface area contributed by atoms with Crippen molar-refractivity contribution in [3.8, 4) is 5.69 Å². The first-order valence-corrected chi connectivity index (χ1v) is 11.1. The molecule has 1 fully saturated rings. The molecule has 2 heterocycles. The minimum Gasteiger partial charge on any atom is -0.324 e. The van der Waals surface area contributed by atoms with Crippen molar-refractivity contribution in [3.05, 3.63) is 65.2 Å². The third kappa shape index (κ3) is 5.00. The molecule has 0 unspecified atom stereocenters. The maximum atomic E-state index is 13.2. The number of thioether (sulfide) groups is 1. The Kier molecular flexibility index (Phi) is 6.66.